The monoisotopic (exact) mass is 287 g/mol. The largest absolute Gasteiger partial charge is 0.310 e. The Morgan fingerprint density at radius 2 is 2.00 bits per heavy atom. The molecule has 1 aliphatic carbocycles. The van der Waals surface area contributed by atoms with E-state index in [0.717, 1.165) is 12.5 Å². The van der Waals surface area contributed by atoms with Crippen LogP contribution in [0.4, 0.5) is 0 Å². The maximum atomic E-state index is 3.84. The molecule has 1 aliphatic rings. The maximum absolute atomic E-state index is 3.84. The summed E-state index contributed by atoms with van der Waals surface area (Å²) < 4.78 is 1.43. The van der Waals surface area contributed by atoms with Gasteiger partial charge in [0.05, 0.1) is 0 Å². The van der Waals surface area contributed by atoms with Crippen molar-refractivity contribution in [3.05, 3.63) is 35.2 Å². The third-order valence-corrected chi connectivity index (χ3v) is 5.56. The van der Waals surface area contributed by atoms with Crippen molar-refractivity contribution in [2.45, 2.75) is 51.5 Å². The Bertz CT molecular complexity index is 539. The molecule has 1 N–H and O–H groups in total. The van der Waals surface area contributed by atoms with E-state index >= 15 is 0 Å². The molecule has 1 fully saturated rings. The number of rotatable bonds is 5. The number of benzene rings is 1. The van der Waals surface area contributed by atoms with Crippen molar-refractivity contribution in [2.24, 2.45) is 5.92 Å². The van der Waals surface area contributed by atoms with Gasteiger partial charge in [-0.05, 0) is 54.1 Å². The third kappa shape index (κ3) is 2.91. The van der Waals surface area contributed by atoms with Crippen molar-refractivity contribution < 1.29 is 0 Å². The van der Waals surface area contributed by atoms with E-state index in [1.165, 1.54) is 48.6 Å². The predicted octanol–water partition coefficient (Wildman–Crippen LogP) is 5.52. The van der Waals surface area contributed by atoms with Gasteiger partial charge in [0.2, 0.25) is 0 Å². The van der Waals surface area contributed by atoms with Gasteiger partial charge in [0, 0.05) is 10.7 Å². The van der Waals surface area contributed by atoms with Crippen molar-refractivity contribution in [1.29, 1.82) is 0 Å². The highest BCUT2D eigenvalue weighted by Gasteiger charge is 2.26. The summed E-state index contributed by atoms with van der Waals surface area (Å²) in [5, 5.41) is 7.70. The number of nitrogens with one attached hydrogen (secondary N) is 1. The Kier molecular flexibility index (Phi) is 4.74. The molecule has 1 aromatic heterocycles. The van der Waals surface area contributed by atoms with Crippen LogP contribution in [0.3, 0.4) is 0 Å². The molecular weight excluding hydrogens is 262 g/mol. The minimum Gasteiger partial charge on any atom is -0.310 e. The minimum absolute atomic E-state index is 0.561. The Morgan fingerprint density at radius 1 is 1.20 bits per heavy atom. The number of hydrogen-bond donors (Lipinski definition) is 1. The number of fused-ring (bicyclic) bond motifs is 1. The van der Waals surface area contributed by atoms with E-state index in [4.69, 9.17) is 0 Å². The van der Waals surface area contributed by atoms with E-state index in [9.17, 15) is 0 Å². The van der Waals surface area contributed by atoms with Crippen LogP contribution < -0.4 is 5.32 Å². The van der Waals surface area contributed by atoms with Gasteiger partial charge in [0.1, 0.15) is 0 Å². The van der Waals surface area contributed by atoms with Gasteiger partial charge in [-0.3, -0.25) is 0 Å². The molecule has 20 heavy (non-hydrogen) atoms. The van der Waals surface area contributed by atoms with Crippen LogP contribution in [0, 0.1) is 5.92 Å². The SMILES string of the molecule is CCCNC(c1csc2ccccc12)C1CCCCC1. The zero-order valence-corrected chi connectivity index (χ0v) is 13.2. The van der Waals surface area contributed by atoms with Crippen molar-refractivity contribution in [3.8, 4) is 0 Å². The van der Waals surface area contributed by atoms with Crippen LogP contribution in [0.1, 0.15) is 57.1 Å². The van der Waals surface area contributed by atoms with Crippen LogP contribution >= 0.6 is 11.3 Å². The fraction of sp³-hybridized carbons (Fsp3) is 0.556. The summed E-state index contributed by atoms with van der Waals surface area (Å²) in [6.45, 7) is 3.39. The molecular formula is C18H25NS. The first-order valence-corrected chi connectivity index (χ1v) is 8.97. The average molecular weight is 287 g/mol. The molecule has 0 bridgehead atoms. The van der Waals surface area contributed by atoms with E-state index in [2.05, 4.69) is 41.9 Å². The van der Waals surface area contributed by atoms with E-state index < -0.39 is 0 Å². The van der Waals surface area contributed by atoms with Gasteiger partial charge in [0.25, 0.3) is 0 Å². The van der Waals surface area contributed by atoms with Crippen LogP contribution in [-0.4, -0.2) is 6.54 Å². The van der Waals surface area contributed by atoms with Crippen molar-refractivity contribution in [3.63, 3.8) is 0 Å². The van der Waals surface area contributed by atoms with Gasteiger partial charge >= 0.3 is 0 Å². The van der Waals surface area contributed by atoms with E-state index in [1.54, 1.807) is 5.56 Å². The second-order valence-electron chi connectivity index (χ2n) is 6.02. The third-order valence-electron chi connectivity index (χ3n) is 4.58. The standard InChI is InChI=1S/C18H25NS/c1-2-12-19-18(14-8-4-3-5-9-14)16-13-20-17-11-7-6-10-15(16)17/h6-7,10-11,13-14,18-19H,2-5,8-9,12H2,1H3. The van der Waals surface area contributed by atoms with E-state index in [-0.39, 0.29) is 0 Å². The fourth-order valence-corrected chi connectivity index (χ4v) is 4.53. The van der Waals surface area contributed by atoms with E-state index in [0.29, 0.717) is 6.04 Å². The molecule has 0 radical (unpaired) electrons. The lowest BCUT2D eigenvalue weighted by atomic mass is 9.81. The molecule has 1 unspecified atom stereocenters. The summed E-state index contributed by atoms with van der Waals surface area (Å²) in [5.41, 5.74) is 1.55. The summed E-state index contributed by atoms with van der Waals surface area (Å²) in [6.07, 6.45) is 8.26. The first kappa shape index (κ1) is 14.1. The molecule has 1 heterocycles. The lowest BCUT2D eigenvalue weighted by molar-refractivity contribution is 0.273. The first-order valence-electron chi connectivity index (χ1n) is 8.09. The van der Waals surface area contributed by atoms with Gasteiger partial charge in [-0.25, -0.2) is 0 Å². The molecule has 1 saturated carbocycles. The highest BCUT2D eigenvalue weighted by atomic mass is 32.1. The minimum atomic E-state index is 0.561. The van der Waals surface area contributed by atoms with Crippen LogP contribution in [-0.2, 0) is 0 Å². The van der Waals surface area contributed by atoms with Crippen LogP contribution in [0.2, 0.25) is 0 Å². The Balaban J connectivity index is 1.90. The van der Waals surface area contributed by atoms with Crippen molar-refractivity contribution in [1.82, 2.24) is 5.32 Å². The normalized spacial score (nSPS) is 18.4. The van der Waals surface area contributed by atoms with Gasteiger partial charge in [-0.2, -0.15) is 0 Å². The first-order chi connectivity index (χ1) is 9.90. The average Bonchev–Trinajstić information content (AvgIpc) is 2.93. The fourth-order valence-electron chi connectivity index (χ4n) is 3.54. The molecule has 1 atom stereocenters. The lowest BCUT2D eigenvalue weighted by Gasteiger charge is -2.31. The second kappa shape index (κ2) is 6.73. The van der Waals surface area contributed by atoms with Crippen molar-refractivity contribution >= 4 is 21.4 Å². The molecule has 0 spiro atoms. The summed E-state index contributed by atoms with van der Waals surface area (Å²) in [7, 11) is 0. The summed E-state index contributed by atoms with van der Waals surface area (Å²) >= 11 is 1.90. The number of thiophene rings is 1. The molecule has 108 valence electrons. The molecule has 3 rings (SSSR count). The summed E-state index contributed by atoms with van der Waals surface area (Å²) in [5.74, 6) is 0.827. The van der Waals surface area contributed by atoms with Crippen LogP contribution in [0.15, 0.2) is 29.6 Å². The van der Waals surface area contributed by atoms with Gasteiger partial charge < -0.3 is 5.32 Å². The molecule has 1 aromatic carbocycles. The van der Waals surface area contributed by atoms with Crippen LogP contribution in [0.5, 0.6) is 0 Å². The van der Waals surface area contributed by atoms with Crippen LogP contribution in [0.25, 0.3) is 10.1 Å². The lowest BCUT2D eigenvalue weighted by Crippen LogP contribution is -2.30. The molecule has 0 saturated heterocycles. The Morgan fingerprint density at radius 3 is 2.80 bits per heavy atom. The topological polar surface area (TPSA) is 12.0 Å². The quantitative estimate of drug-likeness (QED) is 0.763. The Hall–Kier alpha value is -0.860. The molecule has 2 heteroatoms. The summed E-state index contributed by atoms with van der Waals surface area (Å²) in [4.78, 5) is 0. The number of hydrogen-bond acceptors (Lipinski definition) is 2. The molecule has 0 aliphatic heterocycles. The zero-order chi connectivity index (χ0) is 13.8. The molecule has 1 nitrogen and oxygen atoms in total. The molecule has 2 aromatic rings. The summed E-state index contributed by atoms with van der Waals surface area (Å²) in [6, 6.07) is 9.44. The van der Waals surface area contributed by atoms with Gasteiger partial charge in [0.15, 0.2) is 0 Å². The van der Waals surface area contributed by atoms with Gasteiger partial charge in [-0.15, -0.1) is 11.3 Å². The predicted molar refractivity (Wildman–Crippen MR) is 89.4 cm³/mol. The maximum Gasteiger partial charge on any atom is 0.0363 e. The highest BCUT2D eigenvalue weighted by molar-refractivity contribution is 7.17. The zero-order valence-electron chi connectivity index (χ0n) is 12.4. The highest BCUT2D eigenvalue weighted by Crippen LogP contribution is 2.39. The smallest absolute Gasteiger partial charge is 0.0363 e. The Labute approximate surface area is 126 Å². The van der Waals surface area contributed by atoms with Gasteiger partial charge in [-0.1, -0.05) is 44.4 Å². The van der Waals surface area contributed by atoms with Crippen molar-refractivity contribution in [2.75, 3.05) is 6.54 Å². The molecule has 0 amide bonds. The van der Waals surface area contributed by atoms with E-state index in [1.807, 2.05) is 11.3 Å². The second-order valence-corrected chi connectivity index (χ2v) is 6.93.